The molecule has 0 aliphatic heterocycles. The summed E-state index contributed by atoms with van der Waals surface area (Å²) < 4.78 is 53.6. The van der Waals surface area contributed by atoms with Crippen LogP contribution in [-0.4, -0.2) is 8.42 Å². The summed E-state index contributed by atoms with van der Waals surface area (Å²) in [7, 11) is -3.87. The number of benzene rings is 2. The summed E-state index contributed by atoms with van der Waals surface area (Å²) in [5.41, 5.74) is 0.649. The second-order valence-electron chi connectivity index (χ2n) is 5.35. The first kappa shape index (κ1) is 16.6. The molecule has 0 amide bonds. The second kappa shape index (κ2) is 6.54. The van der Waals surface area contributed by atoms with Gasteiger partial charge in [-0.1, -0.05) is 32.0 Å². The van der Waals surface area contributed by atoms with Crippen LogP contribution in [0.5, 0.6) is 0 Å². The van der Waals surface area contributed by atoms with Crippen molar-refractivity contribution in [3.63, 3.8) is 0 Å². The van der Waals surface area contributed by atoms with Gasteiger partial charge in [0.2, 0.25) is 10.0 Å². The molecule has 0 saturated heterocycles. The van der Waals surface area contributed by atoms with E-state index in [0.717, 1.165) is 6.07 Å². The zero-order valence-electron chi connectivity index (χ0n) is 12.3. The van der Waals surface area contributed by atoms with Crippen molar-refractivity contribution in [1.29, 1.82) is 0 Å². The van der Waals surface area contributed by atoms with E-state index in [-0.39, 0.29) is 16.6 Å². The van der Waals surface area contributed by atoms with Gasteiger partial charge in [-0.2, -0.15) is 0 Å². The number of hydrogen-bond donors (Lipinski definition) is 1. The molecule has 1 N–H and O–H groups in total. The van der Waals surface area contributed by atoms with E-state index in [9.17, 15) is 17.2 Å². The normalized spacial score (nSPS) is 13.3. The van der Waals surface area contributed by atoms with E-state index in [1.165, 1.54) is 42.5 Å². The van der Waals surface area contributed by atoms with Crippen LogP contribution in [-0.2, 0) is 10.0 Å². The van der Waals surface area contributed by atoms with Crippen LogP contribution in [0, 0.1) is 17.6 Å². The van der Waals surface area contributed by atoms with Gasteiger partial charge in [-0.05, 0) is 41.8 Å². The maximum Gasteiger partial charge on any atom is 0.241 e. The van der Waals surface area contributed by atoms with Gasteiger partial charge in [0.15, 0.2) is 0 Å². The molecule has 0 aliphatic rings. The molecule has 0 heterocycles. The summed E-state index contributed by atoms with van der Waals surface area (Å²) in [6, 6.07) is 9.90. The quantitative estimate of drug-likeness (QED) is 0.912. The van der Waals surface area contributed by atoms with E-state index < -0.39 is 21.9 Å². The highest BCUT2D eigenvalue weighted by atomic mass is 32.2. The third-order valence-electron chi connectivity index (χ3n) is 3.28. The zero-order valence-corrected chi connectivity index (χ0v) is 13.1. The summed E-state index contributed by atoms with van der Waals surface area (Å²) in [6.45, 7) is 3.70. The number of halogens is 2. The lowest BCUT2D eigenvalue weighted by atomic mass is 9.97. The van der Waals surface area contributed by atoms with Crippen LogP contribution < -0.4 is 4.72 Å². The Balaban J connectivity index is 2.33. The summed E-state index contributed by atoms with van der Waals surface area (Å²) in [6.07, 6.45) is 0. The first-order valence-corrected chi connectivity index (χ1v) is 8.31. The lowest BCUT2D eigenvalue weighted by molar-refractivity contribution is 0.462. The molecule has 6 heteroatoms. The fourth-order valence-corrected chi connectivity index (χ4v) is 3.53. The van der Waals surface area contributed by atoms with Gasteiger partial charge in [-0.15, -0.1) is 0 Å². The molecule has 0 bridgehead atoms. The third kappa shape index (κ3) is 3.90. The first-order valence-electron chi connectivity index (χ1n) is 6.83. The van der Waals surface area contributed by atoms with E-state index >= 15 is 0 Å². The standard InChI is InChI=1S/C16H17F2NO2S/c1-11(2)16(12-6-8-13(17)9-7-12)19-22(20,21)15-5-3-4-14(18)10-15/h3-11,16,19H,1-2H3. The third-order valence-corrected chi connectivity index (χ3v) is 4.72. The lowest BCUT2D eigenvalue weighted by Crippen LogP contribution is -2.31. The van der Waals surface area contributed by atoms with Gasteiger partial charge in [0, 0.05) is 6.04 Å². The molecular formula is C16H17F2NO2S. The average Bonchev–Trinajstić information content (AvgIpc) is 2.46. The monoisotopic (exact) mass is 325 g/mol. The van der Waals surface area contributed by atoms with Gasteiger partial charge in [0.1, 0.15) is 11.6 Å². The number of sulfonamides is 1. The van der Waals surface area contributed by atoms with Crippen LogP contribution in [0.15, 0.2) is 53.4 Å². The van der Waals surface area contributed by atoms with Crippen molar-refractivity contribution < 1.29 is 17.2 Å². The summed E-state index contributed by atoms with van der Waals surface area (Å²) in [5, 5.41) is 0. The van der Waals surface area contributed by atoms with Gasteiger partial charge in [-0.25, -0.2) is 21.9 Å². The molecule has 2 aromatic carbocycles. The summed E-state index contributed by atoms with van der Waals surface area (Å²) >= 11 is 0. The fraction of sp³-hybridized carbons (Fsp3) is 0.250. The molecule has 1 unspecified atom stereocenters. The van der Waals surface area contributed by atoms with Crippen molar-refractivity contribution >= 4 is 10.0 Å². The van der Waals surface area contributed by atoms with E-state index in [1.807, 2.05) is 13.8 Å². The molecular weight excluding hydrogens is 308 g/mol. The molecule has 22 heavy (non-hydrogen) atoms. The van der Waals surface area contributed by atoms with Crippen LogP contribution in [0.4, 0.5) is 8.78 Å². The lowest BCUT2D eigenvalue weighted by Gasteiger charge is -2.23. The Kier molecular flexibility index (Phi) is 4.93. The van der Waals surface area contributed by atoms with Crippen molar-refractivity contribution in [2.24, 2.45) is 5.92 Å². The van der Waals surface area contributed by atoms with E-state index in [1.54, 1.807) is 0 Å². The summed E-state index contributed by atoms with van der Waals surface area (Å²) in [4.78, 5) is -0.139. The summed E-state index contributed by atoms with van der Waals surface area (Å²) in [5.74, 6) is -1.07. The van der Waals surface area contributed by atoms with Crippen LogP contribution in [0.25, 0.3) is 0 Å². The minimum Gasteiger partial charge on any atom is -0.207 e. The predicted octanol–water partition coefficient (Wildman–Crippen LogP) is 3.64. The van der Waals surface area contributed by atoms with Crippen molar-refractivity contribution in [2.75, 3.05) is 0 Å². The highest BCUT2D eigenvalue weighted by Crippen LogP contribution is 2.24. The Morgan fingerprint density at radius 2 is 1.59 bits per heavy atom. The maximum atomic E-state index is 13.2. The molecule has 2 rings (SSSR count). The van der Waals surface area contributed by atoms with E-state index in [2.05, 4.69) is 4.72 Å². The maximum absolute atomic E-state index is 13.2. The van der Waals surface area contributed by atoms with Crippen LogP contribution >= 0.6 is 0 Å². The highest BCUT2D eigenvalue weighted by molar-refractivity contribution is 7.89. The smallest absolute Gasteiger partial charge is 0.207 e. The molecule has 2 aromatic rings. The topological polar surface area (TPSA) is 46.2 Å². The molecule has 0 spiro atoms. The molecule has 0 aliphatic carbocycles. The van der Waals surface area contributed by atoms with Gasteiger partial charge >= 0.3 is 0 Å². The van der Waals surface area contributed by atoms with Crippen LogP contribution in [0.3, 0.4) is 0 Å². The Morgan fingerprint density at radius 1 is 0.955 bits per heavy atom. The Labute approximate surface area is 129 Å². The highest BCUT2D eigenvalue weighted by Gasteiger charge is 2.24. The predicted molar refractivity (Wildman–Crippen MR) is 80.7 cm³/mol. The molecule has 0 fully saturated rings. The van der Waals surface area contributed by atoms with Crippen molar-refractivity contribution in [3.8, 4) is 0 Å². The Morgan fingerprint density at radius 3 is 2.14 bits per heavy atom. The zero-order chi connectivity index (χ0) is 16.3. The number of nitrogens with one attached hydrogen (secondary N) is 1. The van der Waals surface area contributed by atoms with Gasteiger partial charge < -0.3 is 0 Å². The molecule has 3 nitrogen and oxygen atoms in total. The van der Waals surface area contributed by atoms with Crippen molar-refractivity contribution in [2.45, 2.75) is 24.8 Å². The largest absolute Gasteiger partial charge is 0.241 e. The molecule has 118 valence electrons. The average molecular weight is 325 g/mol. The molecule has 1 atom stereocenters. The van der Waals surface area contributed by atoms with E-state index in [0.29, 0.717) is 5.56 Å². The Hall–Kier alpha value is -1.79. The first-order chi connectivity index (χ1) is 10.3. The van der Waals surface area contributed by atoms with Gasteiger partial charge in [0.05, 0.1) is 4.90 Å². The van der Waals surface area contributed by atoms with Gasteiger partial charge in [-0.3, -0.25) is 0 Å². The molecule has 0 aromatic heterocycles. The number of rotatable bonds is 5. The minimum absolute atomic E-state index is 0.0613. The van der Waals surface area contributed by atoms with E-state index in [4.69, 9.17) is 0 Å². The minimum atomic E-state index is -3.87. The van der Waals surface area contributed by atoms with Crippen molar-refractivity contribution in [1.82, 2.24) is 4.72 Å². The SMILES string of the molecule is CC(C)C(NS(=O)(=O)c1cccc(F)c1)c1ccc(F)cc1. The molecule has 0 radical (unpaired) electrons. The van der Waals surface area contributed by atoms with Crippen LogP contribution in [0.1, 0.15) is 25.5 Å². The Bertz CT molecular complexity index is 743. The molecule has 0 saturated carbocycles. The second-order valence-corrected chi connectivity index (χ2v) is 7.07. The number of hydrogen-bond acceptors (Lipinski definition) is 2. The van der Waals surface area contributed by atoms with Gasteiger partial charge in [0.25, 0.3) is 0 Å². The fourth-order valence-electron chi connectivity index (χ4n) is 2.13. The van der Waals surface area contributed by atoms with Crippen molar-refractivity contribution in [3.05, 3.63) is 65.7 Å². The van der Waals surface area contributed by atoms with Crippen LogP contribution in [0.2, 0.25) is 0 Å².